The number of carbonyl (C=O) groups is 2. The lowest BCUT2D eigenvalue weighted by atomic mass is 10.1. The quantitative estimate of drug-likeness (QED) is 0.259. The van der Waals surface area contributed by atoms with E-state index in [1.807, 2.05) is 18.3 Å². The maximum atomic E-state index is 12.3. The van der Waals surface area contributed by atoms with Gasteiger partial charge in [-0.1, -0.05) is 42.5 Å². The van der Waals surface area contributed by atoms with Crippen molar-refractivity contribution in [2.75, 3.05) is 49.1 Å². The van der Waals surface area contributed by atoms with Crippen molar-refractivity contribution < 1.29 is 9.59 Å². The fourth-order valence-electron chi connectivity index (χ4n) is 5.22. The maximum Gasteiger partial charge on any atom is 0.299 e. The number of piperazine rings is 1. The number of hydrogen-bond acceptors (Lipinski definition) is 5. The highest BCUT2D eigenvalue weighted by Gasteiger charge is 2.35. The van der Waals surface area contributed by atoms with E-state index < -0.39 is 11.7 Å². The highest BCUT2D eigenvalue weighted by Crippen LogP contribution is 2.32. The van der Waals surface area contributed by atoms with Crippen LogP contribution in [-0.2, 0) is 4.79 Å². The van der Waals surface area contributed by atoms with E-state index in [0.29, 0.717) is 27.8 Å². The zero-order chi connectivity index (χ0) is 25.1. The molecule has 2 aliphatic rings. The van der Waals surface area contributed by atoms with Crippen LogP contribution in [0.2, 0.25) is 10.0 Å². The molecule has 0 unspecified atom stereocenters. The van der Waals surface area contributed by atoms with Gasteiger partial charge >= 0.3 is 0 Å². The summed E-state index contributed by atoms with van der Waals surface area (Å²) in [6.07, 6.45) is 7.30. The predicted molar refractivity (Wildman–Crippen MR) is 147 cm³/mol. The number of hydrogen-bond donors (Lipinski definition) is 0. The predicted octanol–water partition coefficient (Wildman–Crippen LogP) is 5.84. The Morgan fingerprint density at radius 2 is 1.44 bits per heavy atom. The first-order chi connectivity index (χ1) is 17.5. The number of pyridine rings is 1. The largest absolute Gasteiger partial charge is 0.368 e. The lowest BCUT2D eigenvalue weighted by molar-refractivity contribution is -0.114. The number of unbranched alkanes of at least 4 members (excludes halogenated alkanes) is 4. The topological polar surface area (TPSA) is 56.8 Å². The van der Waals surface area contributed by atoms with Crippen LogP contribution in [0.3, 0.4) is 0 Å². The summed E-state index contributed by atoms with van der Waals surface area (Å²) >= 11 is 12.1. The molecule has 3 heterocycles. The van der Waals surface area contributed by atoms with Crippen LogP contribution >= 0.6 is 23.2 Å². The number of rotatable bonds is 9. The standard InChI is InChI=1S/C28H30Cl2N4O2/c29-20-7-9-26-23(18-20)27(35)28(36)34(26)13-5-3-1-2-4-12-32-14-16-33(17-15-32)25-10-11-31-24-19-21(30)6-8-22(24)25/h6-11,18-19H,1-5,12-17H2. The molecule has 3 aromatic rings. The average molecular weight is 525 g/mol. The van der Waals surface area contributed by atoms with E-state index in [9.17, 15) is 9.59 Å². The van der Waals surface area contributed by atoms with E-state index in [-0.39, 0.29) is 0 Å². The summed E-state index contributed by atoms with van der Waals surface area (Å²) in [6.45, 7) is 5.84. The second-order valence-electron chi connectivity index (χ2n) is 9.54. The number of fused-ring (bicyclic) bond motifs is 2. The van der Waals surface area contributed by atoms with Gasteiger partial charge in [0.1, 0.15) is 0 Å². The SMILES string of the molecule is O=C1C(=O)N(CCCCCCCN2CCN(c3ccnc4cc(Cl)ccc34)CC2)c2ccc(Cl)cc21. The van der Waals surface area contributed by atoms with E-state index >= 15 is 0 Å². The van der Waals surface area contributed by atoms with Gasteiger partial charge in [-0.25, -0.2) is 0 Å². The van der Waals surface area contributed by atoms with Crippen molar-refractivity contribution in [1.29, 1.82) is 0 Å². The number of halogens is 2. The molecule has 0 radical (unpaired) electrons. The van der Waals surface area contributed by atoms with Crippen LogP contribution in [0.15, 0.2) is 48.7 Å². The van der Waals surface area contributed by atoms with Gasteiger partial charge in [0.15, 0.2) is 0 Å². The molecule has 1 aromatic heterocycles. The zero-order valence-electron chi connectivity index (χ0n) is 20.3. The van der Waals surface area contributed by atoms with Crippen molar-refractivity contribution in [3.8, 4) is 0 Å². The van der Waals surface area contributed by atoms with Gasteiger partial charge in [0, 0.05) is 60.0 Å². The van der Waals surface area contributed by atoms with Gasteiger partial charge in [-0.3, -0.25) is 19.5 Å². The summed E-state index contributed by atoms with van der Waals surface area (Å²) in [5.41, 5.74) is 3.29. The molecule has 1 saturated heterocycles. The summed E-state index contributed by atoms with van der Waals surface area (Å²) in [4.78, 5) is 35.6. The maximum absolute atomic E-state index is 12.3. The molecular formula is C28H30Cl2N4O2. The number of aromatic nitrogens is 1. The Hall–Kier alpha value is -2.67. The van der Waals surface area contributed by atoms with Crippen molar-refractivity contribution in [2.24, 2.45) is 0 Å². The number of Topliss-reactive ketones (excluding diaryl/α,β-unsaturated/α-hetero) is 1. The number of amides is 1. The van der Waals surface area contributed by atoms with Crippen LogP contribution < -0.4 is 9.80 Å². The van der Waals surface area contributed by atoms with Crippen LogP contribution in [0.25, 0.3) is 10.9 Å². The number of ketones is 1. The molecule has 2 aromatic carbocycles. The first-order valence-electron chi connectivity index (χ1n) is 12.7. The first kappa shape index (κ1) is 25.0. The molecule has 2 aliphatic heterocycles. The zero-order valence-corrected chi connectivity index (χ0v) is 21.8. The Labute approximate surface area is 221 Å². The molecular weight excluding hydrogens is 495 g/mol. The third-order valence-electron chi connectivity index (χ3n) is 7.18. The molecule has 0 bridgehead atoms. The van der Waals surface area contributed by atoms with Crippen molar-refractivity contribution in [2.45, 2.75) is 32.1 Å². The summed E-state index contributed by atoms with van der Waals surface area (Å²) in [5, 5.41) is 2.35. The normalized spacial score (nSPS) is 16.3. The number of anilines is 2. The van der Waals surface area contributed by atoms with Gasteiger partial charge in [-0.05, 0) is 61.9 Å². The molecule has 0 atom stereocenters. The van der Waals surface area contributed by atoms with Crippen LogP contribution in [0.4, 0.5) is 11.4 Å². The van der Waals surface area contributed by atoms with E-state index in [1.165, 1.54) is 18.5 Å². The fourth-order valence-corrected chi connectivity index (χ4v) is 5.56. The van der Waals surface area contributed by atoms with Gasteiger partial charge in [0.05, 0.1) is 16.8 Å². The first-order valence-corrected chi connectivity index (χ1v) is 13.4. The molecule has 1 amide bonds. The minimum Gasteiger partial charge on any atom is -0.368 e. The van der Waals surface area contributed by atoms with Crippen LogP contribution in [0.5, 0.6) is 0 Å². The van der Waals surface area contributed by atoms with Gasteiger partial charge in [-0.15, -0.1) is 0 Å². The third kappa shape index (κ3) is 5.36. The Kier molecular flexibility index (Phi) is 7.75. The molecule has 188 valence electrons. The number of nitrogens with zero attached hydrogens (tertiary/aromatic N) is 4. The highest BCUT2D eigenvalue weighted by molar-refractivity contribution is 6.52. The lowest BCUT2D eigenvalue weighted by Crippen LogP contribution is -2.46. The molecule has 0 spiro atoms. The van der Waals surface area contributed by atoms with Crippen molar-refractivity contribution in [3.63, 3.8) is 0 Å². The summed E-state index contributed by atoms with van der Waals surface area (Å²) in [5.74, 6) is -0.885. The number of benzene rings is 2. The molecule has 0 N–H and O–H groups in total. The second-order valence-corrected chi connectivity index (χ2v) is 10.4. The van der Waals surface area contributed by atoms with Crippen molar-refractivity contribution >= 4 is 57.2 Å². The van der Waals surface area contributed by atoms with Crippen LogP contribution in [0, 0.1) is 0 Å². The van der Waals surface area contributed by atoms with E-state index in [4.69, 9.17) is 23.2 Å². The van der Waals surface area contributed by atoms with Crippen LogP contribution in [0.1, 0.15) is 42.5 Å². The van der Waals surface area contributed by atoms with Gasteiger partial charge in [-0.2, -0.15) is 0 Å². The van der Waals surface area contributed by atoms with Crippen molar-refractivity contribution in [3.05, 3.63) is 64.3 Å². The van der Waals surface area contributed by atoms with E-state index in [2.05, 4.69) is 26.9 Å². The average Bonchev–Trinajstić information content (AvgIpc) is 3.12. The Bertz CT molecular complexity index is 1270. The van der Waals surface area contributed by atoms with Crippen molar-refractivity contribution in [1.82, 2.24) is 9.88 Å². The molecule has 0 saturated carbocycles. The van der Waals surface area contributed by atoms with Crippen LogP contribution in [-0.4, -0.2) is 60.8 Å². The Morgan fingerprint density at radius 1 is 0.750 bits per heavy atom. The van der Waals surface area contributed by atoms with Gasteiger partial charge in [0.25, 0.3) is 11.7 Å². The smallest absolute Gasteiger partial charge is 0.299 e. The van der Waals surface area contributed by atoms with Gasteiger partial charge in [0.2, 0.25) is 0 Å². The third-order valence-corrected chi connectivity index (χ3v) is 7.65. The molecule has 8 heteroatoms. The lowest BCUT2D eigenvalue weighted by Gasteiger charge is -2.36. The van der Waals surface area contributed by atoms with E-state index in [1.54, 1.807) is 23.1 Å². The summed E-state index contributed by atoms with van der Waals surface area (Å²) < 4.78 is 0. The molecule has 36 heavy (non-hydrogen) atoms. The fraction of sp³-hybridized carbons (Fsp3) is 0.393. The Balaban J connectivity index is 1.00. The van der Waals surface area contributed by atoms with E-state index in [0.717, 1.165) is 62.9 Å². The molecule has 5 rings (SSSR count). The molecule has 0 aliphatic carbocycles. The molecule has 1 fully saturated rings. The Morgan fingerprint density at radius 3 is 2.25 bits per heavy atom. The summed E-state index contributed by atoms with van der Waals surface area (Å²) in [6, 6.07) is 13.1. The highest BCUT2D eigenvalue weighted by atomic mass is 35.5. The monoisotopic (exact) mass is 524 g/mol. The molecule has 6 nitrogen and oxygen atoms in total. The number of carbonyl (C=O) groups excluding carboxylic acids is 2. The minimum atomic E-state index is -0.450. The summed E-state index contributed by atoms with van der Waals surface area (Å²) in [7, 11) is 0. The second kappa shape index (κ2) is 11.2. The minimum absolute atomic E-state index is 0.425. The van der Waals surface area contributed by atoms with Gasteiger partial charge < -0.3 is 9.80 Å².